The molecule has 102 valence electrons. The summed E-state index contributed by atoms with van der Waals surface area (Å²) in [5.41, 5.74) is 0.559. The van der Waals surface area contributed by atoms with Crippen molar-refractivity contribution in [2.45, 2.75) is 26.2 Å². The number of nitrogens with one attached hydrogen (secondary N) is 1. The van der Waals surface area contributed by atoms with E-state index in [1.165, 1.54) is 19.3 Å². The van der Waals surface area contributed by atoms with E-state index in [4.69, 9.17) is 14.2 Å². The smallest absolute Gasteiger partial charge is 0.0701 e. The third-order valence-corrected chi connectivity index (χ3v) is 3.34. The molecule has 1 saturated carbocycles. The van der Waals surface area contributed by atoms with Gasteiger partial charge < -0.3 is 19.5 Å². The maximum Gasteiger partial charge on any atom is 0.0701 e. The van der Waals surface area contributed by atoms with E-state index in [0.717, 1.165) is 19.7 Å². The predicted octanol–water partition coefficient (Wildman–Crippen LogP) is 1.45. The molecule has 0 radical (unpaired) electrons. The molecular weight excluding hydrogens is 218 g/mol. The average molecular weight is 245 g/mol. The molecule has 0 aliphatic heterocycles. The van der Waals surface area contributed by atoms with Crippen LogP contribution < -0.4 is 5.32 Å². The zero-order chi connectivity index (χ0) is 12.4. The van der Waals surface area contributed by atoms with Gasteiger partial charge in [-0.15, -0.1) is 0 Å². The maximum absolute atomic E-state index is 5.45. The standard InChI is InChI=1S/C13H27NO3/c1-13(4-3-5-13)12-14-6-7-16-10-11-17-9-8-15-2/h14H,3-12H2,1-2H3. The number of hydrogen-bond acceptors (Lipinski definition) is 4. The highest BCUT2D eigenvalue weighted by molar-refractivity contribution is 4.84. The molecule has 1 aliphatic carbocycles. The molecule has 0 saturated heterocycles. The Labute approximate surface area is 105 Å². The third-order valence-electron chi connectivity index (χ3n) is 3.34. The van der Waals surface area contributed by atoms with Crippen LogP contribution in [0.15, 0.2) is 0 Å². The van der Waals surface area contributed by atoms with Crippen LogP contribution in [0.5, 0.6) is 0 Å². The van der Waals surface area contributed by atoms with Crippen LogP contribution in [0.25, 0.3) is 0 Å². The van der Waals surface area contributed by atoms with E-state index in [0.29, 0.717) is 31.8 Å². The van der Waals surface area contributed by atoms with E-state index in [2.05, 4.69) is 12.2 Å². The van der Waals surface area contributed by atoms with Crippen LogP contribution in [0.3, 0.4) is 0 Å². The number of rotatable bonds is 11. The minimum Gasteiger partial charge on any atom is -0.382 e. The lowest BCUT2D eigenvalue weighted by molar-refractivity contribution is 0.0248. The number of ether oxygens (including phenoxy) is 3. The van der Waals surface area contributed by atoms with Crippen LogP contribution in [0.2, 0.25) is 0 Å². The van der Waals surface area contributed by atoms with Crippen molar-refractivity contribution in [1.82, 2.24) is 5.32 Å². The van der Waals surface area contributed by atoms with Gasteiger partial charge in [0.25, 0.3) is 0 Å². The van der Waals surface area contributed by atoms with Gasteiger partial charge in [-0.2, -0.15) is 0 Å². The molecule has 0 amide bonds. The molecule has 0 heterocycles. The van der Waals surface area contributed by atoms with Gasteiger partial charge in [-0.25, -0.2) is 0 Å². The maximum atomic E-state index is 5.45. The van der Waals surface area contributed by atoms with Crippen LogP contribution in [0.4, 0.5) is 0 Å². The fraction of sp³-hybridized carbons (Fsp3) is 1.00. The van der Waals surface area contributed by atoms with Crippen molar-refractivity contribution in [3.63, 3.8) is 0 Å². The minimum atomic E-state index is 0.559. The first-order chi connectivity index (χ1) is 8.27. The van der Waals surface area contributed by atoms with Gasteiger partial charge in [-0.05, 0) is 18.3 Å². The van der Waals surface area contributed by atoms with E-state index in [9.17, 15) is 0 Å². The lowest BCUT2D eigenvalue weighted by Crippen LogP contribution is -2.38. The zero-order valence-electron chi connectivity index (χ0n) is 11.3. The Morgan fingerprint density at radius 1 is 1.00 bits per heavy atom. The number of hydrogen-bond donors (Lipinski definition) is 1. The Kier molecular flexibility index (Phi) is 7.77. The van der Waals surface area contributed by atoms with E-state index < -0.39 is 0 Å². The molecule has 0 unspecified atom stereocenters. The van der Waals surface area contributed by atoms with E-state index in [1.54, 1.807) is 7.11 Å². The van der Waals surface area contributed by atoms with Crippen molar-refractivity contribution in [2.24, 2.45) is 5.41 Å². The summed E-state index contributed by atoms with van der Waals surface area (Å²) in [5.74, 6) is 0. The molecule has 4 heteroatoms. The highest BCUT2D eigenvalue weighted by atomic mass is 16.5. The summed E-state index contributed by atoms with van der Waals surface area (Å²) in [6, 6.07) is 0. The fourth-order valence-corrected chi connectivity index (χ4v) is 1.96. The predicted molar refractivity (Wildman–Crippen MR) is 68.3 cm³/mol. The first-order valence-electron chi connectivity index (χ1n) is 6.62. The van der Waals surface area contributed by atoms with Crippen LogP contribution in [-0.4, -0.2) is 53.2 Å². The van der Waals surface area contributed by atoms with Crippen molar-refractivity contribution >= 4 is 0 Å². The van der Waals surface area contributed by atoms with Gasteiger partial charge >= 0.3 is 0 Å². The molecular formula is C13H27NO3. The molecule has 1 rings (SSSR count). The Balaban J connectivity index is 1.72. The van der Waals surface area contributed by atoms with Crippen LogP contribution in [-0.2, 0) is 14.2 Å². The van der Waals surface area contributed by atoms with Crippen LogP contribution >= 0.6 is 0 Å². The second kappa shape index (κ2) is 8.86. The average Bonchev–Trinajstić information content (AvgIpc) is 2.29. The summed E-state index contributed by atoms with van der Waals surface area (Å²) in [5, 5.41) is 3.45. The normalized spacial score (nSPS) is 18.0. The SMILES string of the molecule is COCCOCCOCCNCC1(C)CCC1. The highest BCUT2D eigenvalue weighted by Crippen LogP contribution is 2.39. The lowest BCUT2D eigenvalue weighted by Gasteiger charge is -2.38. The lowest BCUT2D eigenvalue weighted by atomic mass is 9.70. The summed E-state index contributed by atoms with van der Waals surface area (Å²) in [4.78, 5) is 0. The highest BCUT2D eigenvalue weighted by Gasteiger charge is 2.30. The first-order valence-corrected chi connectivity index (χ1v) is 6.62. The molecule has 0 aromatic rings. The van der Waals surface area contributed by atoms with Crippen molar-refractivity contribution in [2.75, 3.05) is 53.2 Å². The molecule has 0 aromatic heterocycles. The molecule has 1 aliphatic rings. The Hall–Kier alpha value is -0.160. The van der Waals surface area contributed by atoms with Gasteiger partial charge in [0.05, 0.1) is 33.0 Å². The largest absolute Gasteiger partial charge is 0.382 e. The molecule has 1 N–H and O–H groups in total. The van der Waals surface area contributed by atoms with Gasteiger partial charge in [0.1, 0.15) is 0 Å². The van der Waals surface area contributed by atoms with Crippen molar-refractivity contribution < 1.29 is 14.2 Å². The van der Waals surface area contributed by atoms with Crippen molar-refractivity contribution in [1.29, 1.82) is 0 Å². The first kappa shape index (κ1) is 14.9. The molecule has 0 atom stereocenters. The number of methoxy groups -OCH3 is 1. The van der Waals surface area contributed by atoms with Crippen molar-refractivity contribution in [3.8, 4) is 0 Å². The summed E-state index contributed by atoms with van der Waals surface area (Å²) >= 11 is 0. The summed E-state index contributed by atoms with van der Waals surface area (Å²) in [7, 11) is 1.67. The summed E-state index contributed by atoms with van der Waals surface area (Å²) < 4.78 is 15.6. The Morgan fingerprint density at radius 3 is 2.24 bits per heavy atom. The second-order valence-electron chi connectivity index (χ2n) is 5.06. The fourth-order valence-electron chi connectivity index (χ4n) is 1.96. The third kappa shape index (κ3) is 6.99. The van der Waals surface area contributed by atoms with Crippen molar-refractivity contribution in [3.05, 3.63) is 0 Å². The topological polar surface area (TPSA) is 39.7 Å². The Bertz CT molecular complexity index is 184. The van der Waals surface area contributed by atoms with Crippen LogP contribution in [0.1, 0.15) is 26.2 Å². The zero-order valence-corrected chi connectivity index (χ0v) is 11.3. The molecule has 1 fully saturated rings. The summed E-state index contributed by atoms with van der Waals surface area (Å²) in [6.07, 6.45) is 4.13. The molecule has 0 aromatic carbocycles. The van der Waals surface area contributed by atoms with Gasteiger partial charge in [-0.1, -0.05) is 13.3 Å². The quantitative estimate of drug-likeness (QED) is 0.559. The molecule has 17 heavy (non-hydrogen) atoms. The van der Waals surface area contributed by atoms with E-state index >= 15 is 0 Å². The van der Waals surface area contributed by atoms with E-state index in [1.807, 2.05) is 0 Å². The monoisotopic (exact) mass is 245 g/mol. The summed E-state index contributed by atoms with van der Waals surface area (Å²) in [6.45, 7) is 7.81. The van der Waals surface area contributed by atoms with Gasteiger partial charge in [-0.3, -0.25) is 0 Å². The van der Waals surface area contributed by atoms with Gasteiger partial charge in [0.2, 0.25) is 0 Å². The molecule has 0 bridgehead atoms. The molecule has 0 spiro atoms. The molecule has 4 nitrogen and oxygen atoms in total. The second-order valence-corrected chi connectivity index (χ2v) is 5.06. The van der Waals surface area contributed by atoms with E-state index in [-0.39, 0.29) is 0 Å². The van der Waals surface area contributed by atoms with Crippen LogP contribution in [0, 0.1) is 5.41 Å². The minimum absolute atomic E-state index is 0.559. The Morgan fingerprint density at radius 2 is 1.65 bits per heavy atom. The van der Waals surface area contributed by atoms with Gasteiger partial charge in [0.15, 0.2) is 0 Å². The van der Waals surface area contributed by atoms with Gasteiger partial charge in [0, 0.05) is 20.2 Å².